The van der Waals surface area contributed by atoms with Gasteiger partial charge < -0.3 is 15.1 Å². The highest BCUT2D eigenvalue weighted by Gasteiger charge is 2.24. The first-order chi connectivity index (χ1) is 7.54. The predicted octanol–water partition coefficient (Wildman–Crippen LogP) is 1.26. The molecule has 1 N–H and O–H groups in total. The van der Waals surface area contributed by atoms with E-state index in [4.69, 9.17) is 0 Å². The van der Waals surface area contributed by atoms with Crippen molar-refractivity contribution in [3.63, 3.8) is 0 Å². The fourth-order valence-electron chi connectivity index (χ4n) is 2.33. The topological polar surface area (TPSA) is 18.5 Å². The van der Waals surface area contributed by atoms with E-state index in [9.17, 15) is 0 Å². The summed E-state index contributed by atoms with van der Waals surface area (Å²) in [5.41, 5.74) is 0. The SMILES string of the molecule is CCN1CCC(NCC(C)N(C)C)C(C)C1. The highest BCUT2D eigenvalue weighted by Crippen LogP contribution is 2.16. The van der Waals surface area contributed by atoms with E-state index in [1.54, 1.807) is 0 Å². The minimum absolute atomic E-state index is 0.622. The lowest BCUT2D eigenvalue weighted by atomic mass is 9.93. The molecule has 1 saturated heterocycles. The summed E-state index contributed by atoms with van der Waals surface area (Å²) in [7, 11) is 4.30. The van der Waals surface area contributed by atoms with E-state index < -0.39 is 0 Å². The maximum atomic E-state index is 3.73. The largest absolute Gasteiger partial charge is 0.312 e. The van der Waals surface area contributed by atoms with Gasteiger partial charge in [0.1, 0.15) is 0 Å². The first-order valence-electron chi connectivity index (χ1n) is 6.66. The van der Waals surface area contributed by atoms with Crippen LogP contribution in [0.25, 0.3) is 0 Å². The van der Waals surface area contributed by atoms with Crippen molar-refractivity contribution in [3.05, 3.63) is 0 Å². The van der Waals surface area contributed by atoms with Crippen molar-refractivity contribution in [1.29, 1.82) is 0 Å². The van der Waals surface area contributed by atoms with Crippen molar-refractivity contribution in [1.82, 2.24) is 15.1 Å². The summed E-state index contributed by atoms with van der Waals surface area (Å²) in [5, 5.41) is 3.73. The third-order valence-electron chi connectivity index (χ3n) is 3.99. The molecule has 1 heterocycles. The Balaban J connectivity index is 2.28. The second kappa shape index (κ2) is 6.58. The second-order valence-electron chi connectivity index (χ2n) is 5.49. The van der Waals surface area contributed by atoms with Gasteiger partial charge in [-0.1, -0.05) is 13.8 Å². The molecule has 0 aromatic heterocycles. The standard InChI is InChI=1S/C13H29N3/c1-6-16-8-7-13(11(2)10-16)14-9-12(3)15(4)5/h11-14H,6-10H2,1-5H3. The number of likely N-dealkylation sites (N-methyl/N-ethyl adjacent to an activating group) is 1. The Bertz CT molecular complexity index is 194. The van der Waals surface area contributed by atoms with Crippen LogP contribution in [0.2, 0.25) is 0 Å². The lowest BCUT2D eigenvalue weighted by Crippen LogP contribution is -2.50. The van der Waals surface area contributed by atoms with Crippen LogP contribution >= 0.6 is 0 Å². The van der Waals surface area contributed by atoms with Crippen LogP contribution in [-0.4, -0.2) is 62.2 Å². The lowest BCUT2D eigenvalue weighted by Gasteiger charge is -2.37. The third kappa shape index (κ3) is 4.04. The highest BCUT2D eigenvalue weighted by atomic mass is 15.2. The van der Waals surface area contributed by atoms with Crippen molar-refractivity contribution < 1.29 is 0 Å². The Morgan fingerprint density at radius 3 is 2.62 bits per heavy atom. The molecule has 1 fully saturated rings. The molecule has 3 atom stereocenters. The molecule has 0 aromatic carbocycles. The average Bonchev–Trinajstić information content (AvgIpc) is 2.26. The third-order valence-corrected chi connectivity index (χ3v) is 3.99. The number of rotatable bonds is 5. The Hall–Kier alpha value is -0.120. The molecule has 3 unspecified atom stereocenters. The lowest BCUT2D eigenvalue weighted by molar-refractivity contribution is 0.148. The van der Waals surface area contributed by atoms with Crippen LogP contribution in [0, 0.1) is 5.92 Å². The highest BCUT2D eigenvalue weighted by molar-refractivity contribution is 4.83. The molecular formula is C13H29N3. The van der Waals surface area contributed by atoms with E-state index in [2.05, 4.69) is 50.0 Å². The number of hydrogen-bond acceptors (Lipinski definition) is 3. The van der Waals surface area contributed by atoms with Crippen molar-refractivity contribution in [2.24, 2.45) is 5.92 Å². The number of hydrogen-bond donors (Lipinski definition) is 1. The Kier molecular flexibility index (Phi) is 5.73. The summed E-state index contributed by atoms with van der Waals surface area (Å²) in [4.78, 5) is 4.83. The van der Waals surface area contributed by atoms with Gasteiger partial charge in [-0.25, -0.2) is 0 Å². The molecule has 0 radical (unpaired) electrons. The Morgan fingerprint density at radius 1 is 1.44 bits per heavy atom. The molecule has 3 heteroatoms. The number of likely N-dealkylation sites (tertiary alicyclic amines) is 1. The normalized spacial score (nSPS) is 29.6. The van der Waals surface area contributed by atoms with E-state index in [0.717, 1.165) is 12.5 Å². The molecule has 0 spiro atoms. The summed E-state index contributed by atoms with van der Waals surface area (Å²) in [5.74, 6) is 0.781. The average molecular weight is 227 g/mol. The van der Waals surface area contributed by atoms with E-state index in [-0.39, 0.29) is 0 Å². The maximum absolute atomic E-state index is 3.73. The van der Waals surface area contributed by atoms with Gasteiger partial charge in [0, 0.05) is 25.2 Å². The van der Waals surface area contributed by atoms with Gasteiger partial charge in [0.15, 0.2) is 0 Å². The zero-order chi connectivity index (χ0) is 12.1. The molecule has 0 bridgehead atoms. The summed E-state index contributed by atoms with van der Waals surface area (Å²) < 4.78 is 0. The summed E-state index contributed by atoms with van der Waals surface area (Å²) >= 11 is 0. The van der Waals surface area contributed by atoms with Crippen molar-refractivity contribution in [2.75, 3.05) is 40.3 Å². The maximum Gasteiger partial charge on any atom is 0.0186 e. The number of nitrogens with one attached hydrogen (secondary N) is 1. The van der Waals surface area contributed by atoms with Crippen LogP contribution in [0.1, 0.15) is 27.2 Å². The first-order valence-corrected chi connectivity index (χ1v) is 6.66. The van der Waals surface area contributed by atoms with Gasteiger partial charge in [0.25, 0.3) is 0 Å². The van der Waals surface area contributed by atoms with E-state index >= 15 is 0 Å². The fraction of sp³-hybridized carbons (Fsp3) is 1.00. The van der Waals surface area contributed by atoms with Crippen LogP contribution in [0.4, 0.5) is 0 Å². The van der Waals surface area contributed by atoms with Gasteiger partial charge in [0.2, 0.25) is 0 Å². The molecule has 96 valence electrons. The quantitative estimate of drug-likeness (QED) is 0.763. The Morgan fingerprint density at radius 2 is 2.12 bits per heavy atom. The smallest absolute Gasteiger partial charge is 0.0186 e. The van der Waals surface area contributed by atoms with Gasteiger partial charge in [-0.15, -0.1) is 0 Å². The minimum atomic E-state index is 0.622. The van der Waals surface area contributed by atoms with Gasteiger partial charge >= 0.3 is 0 Å². The molecule has 3 nitrogen and oxygen atoms in total. The summed E-state index contributed by atoms with van der Waals surface area (Å²) in [6, 6.07) is 1.33. The van der Waals surface area contributed by atoms with E-state index in [1.807, 2.05) is 0 Å². The molecule has 0 amide bonds. The van der Waals surface area contributed by atoms with Crippen LogP contribution in [-0.2, 0) is 0 Å². The molecule has 1 aliphatic rings. The van der Waals surface area contributed by atoms with Crippen LogP contribution in [0.3, 0.4) is 0 Å². The monoisotopic (exact) mass is 227 g/mol. The van der Waals surface area contributed by atoms with Crippen molar-refractivity contribution in [2.45, 2.75) is 39.3 Å². The van der Waals surface area contributed by atoms with Crippen LogP contribution in [0.5, 0.6) is 0 Å². The second-order valence-corrected chi connectivity index (χ2v) is 5.49. The minimum Gasteiger partial charge on any atom is -0.312 e. The van der Waals surface area contributed by atoms with Gasteiger partial charge in [0.05, 0.1) is 0 Å². The van der Waals surface area contributed by atoms with Gasteiger partial charge in [-0.2, -0.15) is 0 Å². The van der Waals surface area contributed by atoms with Crippen LogP contribution in [0.15, 0.2) is 0 Å². The van der Waals surface area contributed by atoms with E-state index in [1.165, 1.54) is 26.1 Å². The molecular weight excluding hydrogens is 198 g/mol. The molecule has 0 aliphatic carbocycles. The van der Waals surface area contributed by atoms with Crippen molar-refractivity contribution in [3.8, 4) is 0 Å². The molecule has 16 heavy (non-hydrogen) atoms. The number of nitrogens with zero attached hydrogens (tertiary/aromatic N) is 2. The zero-order valence-electron chi connectivity index (χ0n) is 11.7. The van der Waals surface area contributed by atoms with E-state index in [0.29, 0.717) is 12.1 Å². The zero-order valence-corrected chi connectivity index (χ0v) is 11.7. The summed E-state index contributed by atoms with van der Waals surface area (Å²) in [6.07, 6.45) is 1.30. The van der Waals surface area contributed by atoms with Gasteiger partial charge in [-0.3, -0.25) is 0 Å². The summed E-state index contributed by atoms with van der Waals surface area (Å²) in [6.45, 7) is 11.7. The Labute approximate surface area is 101 Å². The molecule has 1 aliphatic heterocycles. The first kappa shape index (κ1) is 13.9. The number of piperidine rings is 1. The fourth-order valence-corrected chi connectivity index (χ4v) is 2.33. The van der Waals surface area contributed by atoms with Crippen molar-refractivity contribution >= 4 is 0 Å². The molecule has 0 saturated carbocycles. The predicted molar refractivity (Wildman–Crippen MR) is 70.8 cm³/mol. The van der Waals surface area contributed by atoms with Gasteiger partial charge in [-0.05, 0) is 46.4 Å². The molecule has 0 aromatic rings. The van der Waals surface area contributed by atoms with Crippen LogP contribution < -0.4 is 5.32 Å². The molecule has 1 rings (SSSR count).